The molecular weight excluding hydrogens is 320 g/mol. The zero-order valence-electron chi connectivity index (χ0n) is 14.6. The number of hydrazine groups is 1. The minimum atomic E-state index is -0.154. The number of benzene rings is 3. The van der Waals surface area contributed by atoms with E-state index in [-0.39, 0.29) is 11.9 Å². The van der Waals surface area contributed by atoms with Crippen LogP contribution in [0.1, 0.15) is 33.1 Å². The van der Waals surface area contributed by atoms with Gasteiger partial charge >= 0.3 is 0 Å². The number of hydrogen-bond donors (Lipinski definition) is 1. The minimum Gasteiger partial charge on any atom is -0.295 e. The van der Waals surface area contributed by atoms with Crippen molar-refractivity contribution in [2.75, 3.05) is 0 Å². The number of nitrogens with one attached hydrogen (secondary N) is 1. The van der Waals surface area contributed by atoms with E-state index in [1.165, 1.54) is 5.56 Å². The number of carbonyl (C=O) groups is 1. The molecule has 0 bridgehead atoms. The first-order chi connectivity index (χ1) is 12.7. The third kappa shape index (κ3) is 3.11. The van der Waals surface area contributed by atoms with Gasteiger partial charge in [-0.2, -0.15) is 0 Å². The molecule has 1 atom stereocenters. The lowest BCUT2D eigenvalue weighted by atomic mass is 10.0. The lowest BCUT2D eigenvalue weighted by Crippen LogP contribution is -2.39. The molecule has 1 unspecified atom stereocenters. The van der Waals surface area contributed by atoms with E-state index in [1.807, 2.05) is 60.7 Å². The fourth-order valence-corrected chi connectivity index (χ4v) is 3.15. The Morgan fingerprint density at radius 3 is 2.12 bits per heavy atom. The van der Waals surface area contributed by atoms with Gasteiger partial charge in [-0.3, -0.25) is 10.2 Å². The van der Waals surface area contributed by atoms with Crippen LogP contribution in [0.3, 0.4) is 0 Å². The normalized spacial score (nSPS) is 16.1. The Labute approximate surface area is 153 Å². The molecule has 26 heavy (non-hydrogen) atoms. The number of carbonyl (C=O) groups excluding carboxylic acids is 1. The highest BCUT2D eigenvalue weighted by Crippen LogP contribution is 2.32. The van der Waals surface area contributed by atoms with Crippen LogP contribution in [0.25, 0.3) is 5.70 Å². The van der Waals surface area contributed by atoms with Gasteiger partial charge in [-0.25, -0.2) is 5.01 Å². The SMILES string of the molecule is Cc1ccc(C2C=C(c3ccccc3)NN2C(=O)c2ccccc2)cc1. The fraction of sp³-hybridized carbons (Fsp3) is 0.0870. The van der Waals surface area contributed by atoms with Crippen molar-refractivity contribution >= 4 is 11.6 Å². The Bertz CT molecular complexity index is 931. The van der Waals surface area contributed by atoms with Crippen LogP contribution in [0, 0.1) is 6.92 Å². The quantitative estimate of drug-likeness (QED) is 0.747. The first kappa shape index (κ1) is 16.2. The number of rotatable bonds is 3. The van der Waals surface area contributed by atoms with Crippen LogP contribution in [-0.4, -0.2) is 10.9 Å². The second-order valence-corrected chi connectivity index (χ2v) is 6.45. The van der Waals surface area contributed by atoms with Gasteiger partial charge in [0.1, 0.15) is 0 Å². The summed E-state index contributed by atoms with van der Waals surface area (Å²) in [5, 5.41) is 1.71. The highest BCUT2D eigenvalue weighted by atomic mass is 16.2. The Kier molecular flexibility index (Phi) is 4.28. The Morgan fingerprint density at radius 1 is 0.846 bits per heavy atom. The summed E-state index contributed by atoms with van der Waals surface area (Å²) in [7, 11) is 0. The van der Waals surface area contributed by atoms with Crippen LogP contribution in [0.2, 0.25) is 0 Å². The topological polar surface area (TPSA) is 32.3 Å². The summed E-state index contributed by atoms with van der Waals surface area (Å²) < 4.78 is 0. The molecule has 1 heterocycles. The van der Waals surface area contributed by atoms with E-state index < -0.39 is 0 Å². The smallest absolute Gasteiger partial charge is 0.273 e. The van der Waals surface area contributed by atoms with E-state index >= 15 is 0 Å². The summed E-state index contributed by atoms with van der Waals surface area (Å²) in [6, 6.07) is 27.6. The van der Waals surface area contributed by atoms with Crippen LogP contribution in [0.5, 0.6) is 0 Å². The van der Waals surface area contributed by atoms with Gasteiger partial charge in [0.25, 0.3) is 5.91 Å². The van der Waals surface area contributed by atoms with Crippen molar-refractivity contribution < 1.29 is 4.79 Å². The molecule has 3 heteroatoms. The van der Waals surface area contributed by atoms with Crippen molar-refractivity contribution in [1.29, 1.82) is 0 Å². The van der Waals surface area contributed by atoms with Gasteiger partial charge in [0.05, 0.1) is 11.7 Å². The summed E-state index contributed by atoms with van der Waals surface area (Å²) in [4.78, 5) is 13.1. The maximum atomic E-state index is 13.1. The number of amides is 1. The minimum absolute atomic E-state index is 0.0432. The van der Waals surface area contributed by atoms with Crippen LogP contribution < -0.4 is 5.43 Å². The van der Waals surface area contributed by atoms with E-state index in [4.69, 9.17) is 0 Å². The number of hydrogen-bond acceptors (Lipinski definition) is 2. The zero-order valence-corrected chi connectivity index (χ0v) is 14.6. The summed E-state index contributed by atoms with van der Waals surface area (Å²) in [5.74, 6) is -0.0432. The molecule has 0 aromatic heterocycles. The largest absolute Gasteiger partial charge is 0.295 e. The summed E-state index contributed by atoms with van der Waals surface area (Å²) in [6.07, 6.45) is 2.11. The molecule has 1 N–H and O–H groups in total. The van der Waals surface area contributed by atoms with Crippen molar-refractivity contribution in [2.24, 2.45) is 0 Å². The van der Waals surface area contributed by atoms with Crippen molar-refractivity contribution in [3.63, 3.8) is 0 Å². The van der Waals surface area contributed by atoms with E-state index in [0.29, 0.717) is 5.56 Å². The predicted molar refractivity (Wildman–Crippen MR) is 104 cm³/mol. The second kappa shape index (κ2) is 6.89. The van der Waals surface area contributed by atoms with E-state index in [0.717, 1.165) is 16.8 Å². The lowest BCUT2D eigenvalue weighted by Gasteiger charge is -2.25. The molecule has 4 rings (SSSR count). The average Bonchev–Trinajstić information content (AvgIpc) is 3.15. The summed E-state index contributed by atoms with van der Waals surface area (Å²) >= 11 is 0. The van der Waals surface area contributed by atoms with Gasteiger partial charge < -0.3 is 0 Å². The van der Waals surface area contributed by atoms with Gasteiger partial charge in [0.2, 0.25) is 0 Å². The number of nitrogens with zero attached hydrogens (tertiary/aromatic N) is 1. The maximum absolute atomic E-state index is 13.1. The van der Waals surface area contributed by atoms with Crippen molar-refractivity contribution in [3.8, 4) is 0 Å². The monoisotopic (exact) mass is 340 g/mol. The van der Waals surface area contributed by atoms with Crippen LogP contribution in [0.4, 0.5) is 0 Å². The molecule has 0 fully saturated rings. The summed E-state index contributed by atoms with van der Waals surface area (Å²) in [6.45, 7) is 2.06. The zero-order chi connectivity index (χ0) is 17.9. The molecule has 1 aliphatic rings. The molecule has 0 aliphatic carbocycles. The van der Waals surface area contributed by atoms with Crippen LogP contribution >= 0.6 is 0 Å². The third-order valence-corrected chi connectivity index (χ3v) is 4.59. The molecular formula is C23H20N2O. The molecule has 3 aromatic rings. The van der Waals surface area contributed by atoms with Gasteiger partial charge in [-0.15, -0.1) is 0 Å². The third-order valence-electron chi connectivity index (χ3n) is 4.59. The van der Waals surface area contributed by atoms with Gasteiger partial charge in [0.15, 0.2) is 0 Å². The molecule has 1 amide bonds. The first-order valence-corrected chi connectivity index (χ1v) is 8.71. The highest BCUT2D eigenvalue weighted by Gasteiger charge is 2.31. The standard InChI is InChI=1S/C23H20N2O/c1-17-12-14-19(15-13-17)22-16-21(18-8-4-2-5-9-18)24-25(22)23(26)20-10-6-3-7-11-20/h2-16,22,24H,1H3. The molecule has 0 radical (unpaired) electrons. The van der Waals surface area contributed by atoms with E-state index in [2.05, 4.69) is 42.7 Å². The molecule has 0 spiro atoms. The average molecular weight is 340 g/mol. The second-order valence-electron chi connectivity index (χ2n) is 6.45. The Morgan fingerprint density at radius 2 is 1.46 bits per heavy atom. The van der Waals surface area contributed by atoms with Crippen molar-refractivity contribution in [2.45, 2.75) is 13.0 Å². The molecule has 1 aliphatic heterocycles. The Balaban J connectivity index is 1.72. The van der Waals surface area contributed by atoms with Crippen LogP contribution in [0.15, 0.2) is 91.0 Å². The van der Waals surface area contributed by atoms with Gasteiger partial charge in [-0.1, -0.05) is 78.4 Å². The molecule has 3 nitrogen and oxygen atoms in total. The van der Waals surface area contributed by atoms with Gasteiger partial charge in [0, 0.05) is 5.56 Å². The molecule has 128 valence electrons. The Hall–Kier alpha value is -3.33. The fourth-order valence-electron chi connectivity index (χ4n) is 3.15. The first-order valence-electron chi connectivity index (χ1n) is 8.71. The van der Waals surface area contributed by atoms with Crippen molar-refractivity contribution in [1.82, 2.24) is 10.4 Å². The highest BCUT2D eigenvalue weighted by molar-refractivity contribution is 5.95. The summed E-state index contributed by atoms with van der Waals surface area (Å²) in [5.41, 5.74) is 8.27. The van der Waals surface area contributed by atoms with Crippen molar-refractivity contribution in [3.05, 3.63) is 113 Å². The lowest BCUT2D eigenvalue weighted by molar-refractivity contribution is 0.0672. The van der Waals surface area contributed by atoms with E-state index in [9.17, 15) is 4.79 Å². The maximum Gasteiger partial charge on any atom is 0.273 e. The van der Waals surface area contributed by atoms with E-state index in [1.54, 1.807) is 5.01 Å². The molecule has 0 saturated carbocycles. The van der Waals surface area contributed by atoms with Gasteiger partial charge in [-0.05, 0) is 36.3 Å². The molecule has 0 saturated heterocycles. The van der Waals surface area contributed by atoms with Crippen LogP contribution in [-0.2, 0) is 0 Å². The predicted octanol–water partition coefficient (Wildman–Crippen LogP) is 4.74. The number of aryl methyl sites for hydroxylation is 1. The molecule has 3 aromatic carbocycles.